The van der Waals surface area contributed by atoms with Crippen molar-refractivity contribution >= 4 is 28.8 Å². The van der Waals surface area contributed by atoms with Gasteiger partial charge in [-0.15, -0.1) is 11.3 Å². The van der Waals surface area contributed by atoms with Crippen molar-refractivity contribution in [2.45, 2.75) is 25.5 Å². The Kier molecular flexibility index (Phi) is 7.88. The van der Waals surface area contributed by atoms with Gasteiger partial charge in [0.05, 0.1) is 18.1 Å². The number of fused-ring (bicyclic) bond motifs is 1. The summed E-state index contributed by atoms with van der Waals surface area (Å²) in [5.41, 5.74) is 4.33. The third-order valence-electron chi connectivity index (χ3n) is 5.76. The lowest BCUT2D eigenvalue weighted by Gasteiger charge is -2.19. The van der Waals surface area contributed by atoms with Gasteiger partial charge in [0.25, 0.3) is 5.91 Å². The molecule has 0 spiro atoms. The number of hydrogen-bond acceptors (Lipinski definition) is 5. The predicted octanol–water partition coefficient (Wildman–Crippen LogP) is 3.73. The number of ether oxygens (including phenoxy) is 1. The molecular weight excluding hydrogens is 434 g/mol. The molecule has 1 aromatic heterocycles. The summed E-state index contributed by atoms with van der Waals surface area (Å²) in [6.45, 7) is 2.48. The van der Waals surface area contributed by atoms with Gasteiger partial charge in [-0.05, 0) is 60.2 Å². The first kappa shape index (κ1) is 23.2. The third-order valence-corrected chi connectivity index (χ3v) is 6.63. The molecule has 4 rings (SSSR count). The summed E-state index contributed by atoms with van der Waals surface area (Å²) in [6, 6.07) is 18.6. The first-order valence-corrected chi connectivity index (χ1v) is 12.0. The largest absolute Gasteiger partial charge is 0.374 e. The fourth-order valence-corrected chi connectivity index (χ4v) is 4.46. The van der Waals surface area contributed by atoms with E-state index in [1.54, 1.807) is 6.07 Å². The number of carbonyl (C=O) groups is 2. The van der Waals surface area contributed by atoms with E-state index in [-0.39, 0.29) is 18.4 Å². The maximum atomic E-state index is 13.1. The van der Waals surface area contributed by atoms with Crippen LogP contribution in [0.4, 0.5) is 5.69 Å². The van der Waals surface area contributed by atoms with Gasteiger partial charge in [-0.25, -0.2) is 0 Å². The molecule has 0 fully saturated rings. The van der Waals surface area contributed by atoms with Crippen LogP contribution in [0.15, 0.2) is 66.0 Å². The Morgan fingerprint density at radius 3 is 2.58 bits per heavy atom. The van der Waals surface area contributed by atoms with E-state index in [0.717, 1.165) is 37.2 Å². The highest BCUT2D eigenvalue weighted by Crippen LogP contribution is 2.20. The minimum absolute atomic E-state index is 0.0770. The van der Waals surface area contributed by atoms with E-state index < -0.39 is 6.04 Å². The van der Waals surface area contributed by atoms with Gasteiger partial charge in [-0.2, -0.15) is 0 Å². The molecule has 2 aromatic carbocycles. The zero-order valence-corrected chi connectivity index (χ0v) is 19.6. The van der Waals surface area contributed by atoms with Crippen LogP contribution in [0.1, 0.15) is 26.4 Å². The van der Waals surface area contributed by atoms with Crippen LogP contribution in [0.3, 0.4) is 0 Å². The number of amides is 2. The van der Waals surface area contributed by atoms with Crippen LogP contribution in [0.25, 0.3) is 0 Å². The number of hydrogen-bond donors (Lipinski definition) is 2. The molecule has 0 unspecified atom stereocenters. The standard InChI is InChI=1S/C26H29N3O3S/c1-29-13-11-20-9-10-22(16-21(20)12-14-29)27-25(30)23(28-26(31)24-8-5-15-33-24)18-32-17-19-6-3-2-4-7-19/h2-10,15-16,23H,11-14,17-18H2,1H3,(H,27,30)(H,28,31)/t23-/m0/s1. The third kappa shape index (κ3) is 6.51. The number of nitrogens with one attached hydrogen (secondary N) is 2. The maximum Gasteiger partial charge on any atom is 0.262 e. The number of carbonyl (C=O) groups excluding carboxylic acids is 2. The topological polar surface area (TPSA) is 70.7 Å². The van der Waals surface area contributed by atoms with Gasteiger partial charge in [-0.3, -0.25) is 9.59 Å². The number of anilines is 1. The monoisotopic (exact) mass is 463 g/mol. The Morgan fingerprint density at radius 2 is 1.82 bits per heavy atom. The van der Waals surface area contributed by atoms with Crippen molar-refractivity contribution in [1.82, 2.24) is 10.2 Å². The molecule has 1 aliphatic rings. The lowest BCUT2D eigenvalue weighted by Crippen LogP contribution is -2.46. The van der Waals surface area contributed by atoms with E-state index >= 15 is 0 Å². The van der Waals surface area contributed by atoms with E-state index in [0.29, 0.717) is 11.5 Å². The first-order chi connectivity index (χ1) is 16.1. The zero-order chi connectivity index (χ0) is 23.0. The molecule has 0 saturated heterocycles. The van der Waals surface area contributed by atoms with Crippen LogP contribution in [-0.2, 0) is 29.0 Å². The van der Waals surface area contributed by atoms with E-state index in [1.165, 1.54) is 22.5 Å². The Balaban J connectivity index is 1.43. The maximum absolute atomic E-state index is 13.1. The number of likely N-dealkylation sites (N-methyl/N-ethyl adjacent to an activating group) is 1. The van der Waals surface area contributed by atoms with Crippen molar-refractivity contribution in [3.8, 4) is 0 Å². The van der Waals surface area contributed by atoms with Crippen LogP contribution in [-0.4, -0.2) is 49.5 Å². The van der Waals surface area contributed by atoms with E-state index in [4.69, 9.17) is 4.74 Å². The molecular formula is C26H29N3O3S. The zero-order valence-electron chi connectivity index (χ0n) is 18.8. The molecule has 1 atom stereocenters. The highest BCUT2D eigenvalue weighted by atomic mass is 32.1. The second kappa shape index (κ2) is 11.2. The summed E-state index contributed by atoms with van der Waals surface area (Å²) in [5, 5.41) is 7.65. The number of thiophene rings is 1. The quantitative estimate of drug-likeness (QED) is 0.534. The van der Waals surface area contributed by atoms with Crippen LogP contribution in [0, 0.1) is 0 Å². The van der Waals surface area contributed by atoms with E-state index in [2.05, 4.69) is 34.7 Å². The molecule has 2 N–H and O–H groups in total. The van der Waals surface area contributed by atoms with Crippen LogP contribution in [0.2, 0.25) is 0 Å². The Bertz CT molecular complexity index is 1070. The number of rotatable bonds is 8. The van der Waals surface area contributed by atoms with Crippen LogP contribution < -0.4 is 10.6 Å². The summed E-state index contributed by atoms with van der Waals surface area (Å²) < 4.78 is 5.80. The molecule has 0 saturated carbocycles. The van der Waals surface area contributed by atoms with Gasteiger partial charge >= 0.3 is 0 Å². The molecule has 0 aliphatic carbocycles. The molecule has 2 heterocycles. The number of nitrogens with zero attached hydrogens (tertiary/aromatic N) is 1. The van der Waals surface area contributed by atoms with E-state index in [9.17, 15) is 9.59 Å². The molecule has 1 aliphatic heterocycles. The lowest BCUT2D eigenvalue weighted by atomic mass is 10.0. The normalized spacial score (nSPS) is 14.7. The van der Waals surface area contributed by atoms with Crippen LogP contribution in [0.5, 0.6) is 0 Å². The van der Waals surface area contributed by atoms with Gasteiger partial charge in [0.15, 0.2) is 0 Å². The SMILES string of the molecule is CN1CCc2ccc(NC(=O)[C@H](COCc3ccccc3)NC(=O)c3cccs3)cc2CC1. The van der Waals surface area contributed by atoms with Crippen molar-refractivity contribution in [1.29, 1.82) is 0 Å². The minimum Gasteiger partial charge on any atom is -0.374 e. The Hall–Kier alpha value is -3.00. The predicted molar refractivity (Wildman–Crippen MR) is 132 cm³/mol. The van der Waals surface area contributed by atoms with Crippen molar-refractivity contribution in [3.05, 3.63) is 87.6 Å². The fraction of sp³-hybridized carbons (Fsp3) is 0.308. The molecule has 6 nitrogen and oxygen atoms in total. The van der Waals surface area contributed by atoms with E-state index in [1.807, 2.05) is 47.8 Å². The van der Waals surface area contributed by atoms with Crippen molar-refractivity contribution < 1.29 is 14.3 Å². The van der Waals surface area contributed by atoms with Gasteiger partial charge < -0.3 is 20.3 Å². The molecule has 3 aromatic rings. The molecule has 7 heteroatoms. The van der Waals surface area contributed by atoms with Gasteiger partial charge in [0.2, 0.25) is 5.91 Å². The smallest absolute Gasteiger partial charge is 0.262 e. The number of benzene rings is 2. The summed E-state index contributed by atoms with van der Waals surface area (Å²) in [5.74, 6) is -0.572. The van der Waals surface area contributed by atoms with Crippen molar-refractivity contribution in [2.24, 2.45) is 0 Å². The Labute approximate surface area is 198 Å². The molecule has 172 valence electrons. The molecule has 0 radical (unpaired) electrons. The summed E-state index contributed by atoms with van der Waals surface area (Å²) in [6.07, 6.45) is 1.96. The fourth-order valence-electron chi connectivity index (χ4n) is 3.83. The summed E-state index contributed by atoms with van der Waals surface area (Å²) >= 11 is 1.34. The highest BCUT2D eigenvalue weighted by molar-refractivity contribution is 7.12. The second-order valence-corrected chi connectivity index (χ2v) is 9.23. The second-order valence-electron chi connectivity index (χ2n) is 8.28. The molecule has 33 heavy (non-hydrogen) atoms. The highest BCUT2D eigenvalue weighted by Gasteiger charge is 2.23. The lowest BCUT2D eigenvalue weighted by molar-refractivity contribution is -0.119. The first-order valence-electron chi connectivity index (χ1n) is 11.2. The molecule has 2 amide bonds. The van der Waals surface area contributed by atoms with Crippen LogP contribution >= 0.6 is 11.3 Å². The summed E-state index contributed by atoms with van der Waals surface area (Å²) in [4.78, 5) is 28.6. The Morgan fingerprint density at radius 1 is 1.03 bits per heavy atom. The average Bonchev–Trinajstić information content (AvgIpc) is 3.31. The van der Waals surface area contributed by atoms with Crippen molar-refractivity contribution in [3.63, 3.8) is 0 Å². The molecule has 0 bridgehead atoms. The van der Waals surface area contributed by atoms with Gasteiger partial charge in [-0.1, -0.05) is 42.5 Å². The summed E-state index contributed by atoms with van der Waals surface area (Å²) in [7, 11) is 2.13. The minimum atomic E-state index is -0.812. The van der Waals surface area contributed by atoms with Crippen molar-refractivity contribution in [2.75, 3.05) is 32.1 Å². The average molecular weight is 464 g/mol. The van der Waals surface area contributed by atoms with Gasteiger partial charge in [0.1, 0.15) is 6.04 Å². The van der Waals surface area contributed by atoms with Gasteiger partial charge in [0, 0.05) is 18.8 Å².